The number of aryl methyl sites for hydroxylation is 1. The van der Waals surface area contributed by atoms with Crippen LogP contribution in [0, 0.1) is 0 Å². The van der Waals surface area contributed by atoms with E-state index in [1.54, 1.807) is 23.9 Å². The van der Waals surface area contributed by atoms with E-state index in [0.29, 0.717) is 30.8 Å². The lowest BCUT2D eigenvalue weighted by atomic mass is 10.1. The molecule has 0 radical (unpaired) electrons. The molecule has 21 heavy (non-hydrogen) atoms. The number of benzene rings is 1. The highest BCUT2D eigenvalue weighted by atomic mass is 35.5. The van der Waals surface area contributed by atoms with Gasteiger partial charge < -0.3 is 14.4 Å². The number of ether oxygens (including phenoxy) is 1. The van der Waals surface area contributed by atoms with Crippen LogP contribution in [0.4, 0.5) is 0 Å². The first-order valence-corrected chi connectivity index (χ1v) is 7.29. The molecule has 0 bridgehead atoms. The van der Waals surface area contributed by atoms with E-state index in [4.69, 9.17) is 16.3 Å². The highest BCUT2D eigenvalue weighted by molar-refractivity contribution is 6.17. The lowest BCUT2D eigenvalue weighted by Crippen LogP contribution is -2.23. The Morgan fingerprint density at radius 2 is 1.95 bits per heavy atom. The highest BCUT2D eigenvalue weighted by Gasteiger charge is 2.10. The molecule has 0 aliphatic carbocycles. The number of nitrogens with zero attached hydrogens (tertiary/aromatic N) is 1. The molecular formula is C16H18ClNO3. The van der Waals surface area contributed by atoms with E-state index in [9.17, 15) is 9.90 Å². The van der Waals surface area contributed by atoms with Crippen molar-refractivity contribution < 1.29 is 9.84 Å². The first-order chi connectivity index (χ1) is 10.2. The lowest BCUT2D eigenvalue weighted by molar-refractivity contribution is 0.414. The highest BCUT2D eigenvalue weighted by Crippen LogP contribution is 2.18. The molecule has 2 aromatic rings. The van der Waals surface area contributed by atoms with Crippen LogP contribution >= 0.6 is 11.6 Å². The van der Waals surface area contributed by atoms with Gasteiger partial charge in [0.15, 0.2) is 0 Å². The minimum Gasteiger partial charge on any atom is -0.507 e. The number of hydrogen-bond donors (Lipinski definition) is 1. The van der Waals surface area contributed by atoms with Gasteiger partial charge in [0, 0.05) is 25.0 Å². The number of pyridine rings is 1. The van der Waals surface area contributed by atoms with Gasteiger partial charge in [0.1, 0.15) is 11.5 Å². The summed E-state index contributed by atoms with van der Waals surface area (Å²) in [6, 6.07) is 8.98. The minimum absolute atomic E-state index is 0.0259. The maximum Gasteiger partial charge on any atom is 0.257 e. The van der Waals surface area contributed by atoms with Gasteiger partial charge in [-0.25, -0.2) is 0 Å². The van der Waals surface area contributed by atoms with Crippen molar-refractivity contribution >= 4 is 11.6 Å². The largest absolute Gasteiger partial charge is 0.507 e. The number of methoxy groups -OCH3 is 1. The smallest absolute Gasteiger partial charge is 0.257 e. The average Bonchev–Trinajstić information content (AvgIpc) is 2.51. The van der Waals surface area contributed by atoms with Gasteiger partial charge in [0.25, 0.3) is 5.56 Å². The van der Waals surface area contributed by atoms with Gasteiger partial charge in [0.2, 0.25) is 0 Å². The van der Waals surface area contributed by atoms with Gasteiger partial charge in [-0.2, -0.15) is 0 Å². The molecule has 1 aromatic carbocycles. The molecule has 5 heteroatoms. The van der Waals surface area contributed by atoms with Crippen molar-refractivity contribution in [1.82, 2.24) is 4.57 Å². The number of aromatic hydroxyl groups is 1. The predicted octanol–water partition coefficient (Wildman–Crippen LogP) is 2.78. The second kappa shape index (κ2) is 7.18. The molecule has 0 saturated carbocycles. The van der Waals surface area contributed by atoms with Crippen molar-refractivity contribution in [3.05, 3.63) is 58.0 Å². The second-order valence-electron chi connectivity index (χ2n) is 4.75. The van der Waals surface area contributed by atoms with Gasteiger partial charge in [-0.15, -0.1) is 11.6 Å². The Balaban J connectivity index is 2.27. The molecule has 1 heterocycles. The summed E-state index contributed by atoms with van der Waals surface area (Å²) in [5.74, 6) is 1.29. The monoisotopic (exact) mass is 307 g/mol. The van der Waals surface area contributed by atoms with Crippen molar-refractivity contribution in [2.45, 2.75) is 19.4 Å². The number of hydrogen-bond acceptors (Lipinski definition) is 3. The molecule has 0 unspecified atom stereocenters. The number of halogens is 1. The third-order valence-corrected chi connectivity index (χ3v) is 3.58. The van der Waals surface area contributed by atoms with Crippen LogP contribution < -0.4 is 10.3 Å². The minimum atomic E-state index is -0.170. The predicted molar refractivity (Wildman–Crippen MR) is 83.5 cm³/mol. The van der Waals surface area contributed by atoms with Crippen LogP contribution in [0.15, 0.2) is 41.3 Å². The van der Waals surface area contributed by atoms with E-state index in [-0.39, 0.29) is 11.3 Å². The summed E-state index contributed by atoms with van der Waals surface area (Å²) in [5.41, 5.74) is 1.17. The standard InChI is InChI=1S/C16H18ClNO3/c1-21-13-5-3-12(4-6-13)11-14-15(19)7-10-18(16(14)20)9-2-8-17/h3-7,10,19H,2,8-9,11H2,1H3. The van der Waals surface area contributed by atoms with Crippen molar-refractivity contribution in [2.24, 2.45) is 0 Å². The number of aromatic nitrogens is 1. The first kappa shape index (κ1) is 15.4. The Hall–Kier alpha value is -1.94. The van der Waals surface area contributed by atoms with Crippen LogP contribution in [0.5, 0.6) is 11.5 Å². The molecular weight excluding hydrogens is 290 g/mol. The van der Waals surface area contributed by atoms with E-state index in [2.05, 4.69) is 0 Å². The molecule has 1 aromatic heterocycles. The molecule has 4 nitrogen and oxygen atoms in total. The molecule has 0 fully saturated rings. The molecule has 1 N–H and O–H groups in total. The van der Waals surface area contributed by atoms with Crippen molar-refractivity contribution in [2.75, 3.05) is 13.0 Å². The first-order valence-electron chi connectivity index (χ1n) is 6.76. The van der Waals surface area contributed by atoms with Crippen molar-refractivity contribution in [3.8, 4) is 11.5 Å². The fourth-order valence-corrected chi connectivity index (χ4v) is 2.25. The Kier molecular flexibility index (Phi) is 5.28. The maximum absolute atomic E-state index is 12.4. The van der Waals surface area contributed by atoms with Gasteiger partial charge in [0.05, 0.1) is 12.7 Å². The third kappa shape index (κ3) is 3.79. The van der Waals surface area contributed by atoms with Crippen LogP contribution in [-0.2, 0) is 13.0 Å². The zero-order chi connectivity index (χ0) is 15.2. The third-order valence-electron chi connectivity index (χ3n) is 3.31. The van der Waals surface area contributed by atoms with Crippen molar-refractivity contribution in [3.63, 3.8) is 0 Å². The Bertz CT molecular complexity index is 650. The van der Waals surface area contributed by atoms with Gasteiger partial charge in [-0.1, -0.05) is 12.1 Å². The summed E-state index contributed by atoms with van der Waals surface area (Å²) in [5, 5.41) is 9.94. The molecule has 0 saturated heterocycles. The zero-order valence-corrected chi connectivity index (χ0v) is 12.6. The Labute approximate surface area is 128 Å². The topological polar surface area (TPSA) is 51.5 Å². The SMILES string of the molecule is COc1ccc(Cc2c(O)ccn(CCCCl)c2=O)cc1. The normalized spacial score (nSPS) is 10.6. The quantitative estimate of drug-likeness (QED) is 0.835. The molecule has 0 atom stereocenters. The summed E-state index contributed by atoms with van der Waals surface area (Å²) in [6.45, 7) is 0.554. The summed E-state index contributed by atoms with van der Waals surface area (Å²) in [7, 11) is 1.60. The lowest BCUT2D eigenvalue weighted by Gasteiger charge is -2.10. The van der Waals surface area contributed by atoms with E-state index < -0.39 is 0 Å². The second-order valence-corrected chi connectivity index (χ2v) is 5.12. The zero-order valence-electron chi connectivity index (χ0n) is 11.9. The van der Waals surface area contributed by atoms with Gasteiger partial charge >= 0.3 is 0 Å². The molecule has 0 aliphatic heterocycles. The Morgan fingerprint density at radius 3 is 2.57 bits per heavy atom. The number of rotatable bonds is 6. The maximum atomic E-state index is 12.4. The van der Waals surface area contributed by atoms with Gasteiger partial charge in [-0.3, -0.25) is 4.79 Å². The fraction of sp³-hybridized carbons (Fsp3) is 0.312. The summed E-state index contributed by atoms with van der Waals surface area (Å²) < 4.78 is 6.69. The van der Waals surface area contributed by atoms with Crippen LogP contribution in [0.3, 0.4) is 0 Å². The van der Waals surface area contributed by atoms with Crippen LogP contribution in [0.2, 0.25) is 0 Å². The van der Waals surface area contributed by atoms with Crippen LogP contribution in [0.1, 0.15) is 17.5 Å². The molecule has 0 amide bonds. The molecule has 0 spiro atoms. The van der Waals surface area contributed by atoms with E-state index in [1.807, 2.05) is 24.3 Å². The molecule has 112 valence electrons. The average molecular weight is 308 g/mol. The molecule has 0 aliphatic rings. The molecule has 2 rings (SSSR count). The fourth-order valence-electron chi connectivity index (χ4n) is 2.13. The van der Waals surface area contributed by atoms with Gasteiger partial charge in [-0.05, 0) is 30.2 Å². The van der Waals surface area contributed by atoms with Crippen LogP contribution in [-0.4, -0.2) is 22.7 Å². The summed E-state index contributed by atoms with van der Waals surface area (Å²) in [4.78, 5) is 12.4. The summed E-state index contributed by atoms with van der Waals surface area (Å²) >= 11 is 5.66. The van der Waals surface area contributed by atoms with Crippen LogP contribution in [0.25, 0.3) is 0 Å². The summed E-state index contributed by atoms with van der Waals surface area (Å²) in [6.07, 6.45) is 2.70. The van der Waals surface area contributed by atoms with Crippen molar-refractivity contribution in [1.29, 1.82) is 0 Å². The number of alkyl halides is 1. The Morgan fingerprint density at radius 1 is 1.24 bits per heavy atom. The van der Waals surface area contributed by atoms with E-state index >= 15 is 0 Å². The van der Waals surface area contributed by atoms with E-state index in [1.165, 1.54) is 0 Å². The van der Waals surface area contributed by atoms with E-state index in [0.717, 1.165) is 11.3 Å².